The van der Waals surface area contributed by atoms with Gasteiger partial charge in [-0.2, -0.15) is 0 Å². The SMILES string of the molecule is CC(C(=O)NC1CC1)N1CCN(C(=O)CCc2cccc(Cl)c2)CC1. The zero-order valence-corrected chi connectivity index (χ0v) is 15.5. The molecule has 1 saturated carbocycles. The third kappa shape index (κ3) is 5.19. The molecule has 136 valence electrons. The van der Waals surface area contributed by atoms with E-state index < -0.39 is 0 Å². The molecule has 0 spiro atoms. The van der Waals surface area contributed by atoms with E-state index in [4.69, 9.17) is 11.6 Å². The molecule has 3 rings (SSSR count). The van der Waals surface area contributed by atoms with Gasteiger partial charge in [0.05, 0.1) is 6.04 Å². The molecule has 1 aliphatic heterocycles. The highest BCUT2D eigenvalue weighted by Gasteiger charge is 2.30. The minimum Gasteiger partial charge on any atom is -0.352 e. The highest BCUT2D eigenvalue weighted by atomic mass is 35.5. The Morgan fingerprint density at radius 3 is 2.60 bits per heavy atom. The van der Waals surface area contributed by atoms with Crippen LogP contribution in [0, 0.1) is 0 Å². The molecule has 1 heterocycles. The summed E-state index contributed by atoms with van der Waals surface area (Å²) in [5.74, 6) is 0.290. The Kier molecular flexibility index (Phi) is 5.97. The number of nitrogens with one attached hydrogen (secondary N) is 1. The van der Waals surface area contributed by atoms with Crippen LogP contribution in [0.15, 0.2) is 24.3 Å². The van der Waals surface area contributed by atoms with Gasteiger partial charge >= 0.3 is 0 Å². The predicted octanol–water partition coefficient (Wildman–Crippen LogP) is 2.08. The molecule has 2 amide bonds. The molecule has 0 aromatic heterocycles. The van der Waals surface area contributed by atoms with E-state index >= 15 is 0 Å². The molecule has 6 heteroatoms. The van der Waals surface area contributed by atoms with Crippen LogP contribution in [0.3, 0.4) is 0 Å². The van der Waals surface area contributed by atoms with Gasteiger partial charge in [-0.1, -0.05) is 23.7 Å². The third-order valence-electron chi connectivity index (χ3n) is 5.03. The van der Waals surface area contributed by atoms with Gasteiger partial charge in [0.1, 0.15) is 0 Å². The number of halogens is 1. The molecule has 5 nitrogen and oxygen atoms in total. The van der Waals surface area contributed by atoms with Crippen LogP contribution >= 0.6 is 11.6 Å². The van der Waals surface area contributed by atoms with Gasteiger partial charge in [0, 0.05) is 43.7 Å². The van der Waals surface area contributed by atoms with Gasteiger partial charge in [-0.15, -0.1) is 0 Å². The van der Waals surface area contributed by atoms with Crippen molar-refractivity contribution < 1.29 is 9.59 Å². The van der Waals surface area contributed by atoms with Crippen LogP contribution in [-0.2, 0) is 16.0 Å². The summed E-state index contributed by atoms with van der Waals surface area (Å²) >= 11 is 5.98. The topological polar surface area (TPSA) is 52.7 Å². The first-order chi connectivity index (χ1) is 12.0. The summed E-state index contributed by atoms with van der Waals surface area (Å²) in [6, 6.07) is 7.93. The van der Waals surface area contributed by atoms with Gasteiger partial charge in [0.15, 0.2) is 0 Å². The highest BCUT2D eigenvalue weighted by Crippen LogP contribution is 2.19. The van der Waals surface area contributed by atoms with Crippen molar-refractivity contribution in [3.63, 3.8) is 0 Å². The Balaban J connectivity index is 1.41. The minimum absolute atomic E-state index is 0.114. The number of carbonyl (C=O) groups is 2. The van der Waals surface area contributed by atoms with E-state index in [-0.39, 0.29) is 17.9 Å². The lowest BCUT2D eigenvalue weighted by molar-refractivity contribution is -0.134. The van der Waals surface area contributed by atoms with Gasteiger partial charge in [-0.25, -0.2) is 0 Å². The lowest BCUT2D eigenvalue weighted by Crippen LogP contribution is -2.55. The van der Waals surface area contributed by atoms with Crippen LogP contribution in [0.4, 0.5) is 0 Å². The standard InChI is InChI=1S/C19H26ClN3O2/c1-14(19(25)21-17-6-7-17)22-9-11-23(12-10-22)18(24)8-5-15-3-2-4-16(20)13-15/h2-4,13-14,17H,5-12H2,1H3,(H,21,25). The van der Waals surface area contributed by atoms with E-state index in [1.807, 2.05) is 36.1 Å². The third-order valence-corrected chi connectivity index (χ3v) is 5.27. The summed E-state index contributed by atoms with van der Waals surface area (Å²) in [6.45, 7) is 4.84. The van der Waals surface area contributed by atoms with E-state index in [0.717, 1.165) is 31.5 Å². The van der Waals surface area contributed by atoms with Crippen LogP contribution in [-0.4, -0.2) is 59.9 Å². The lowest BCUT2D eigenvalue weighted by atomic mass is 10.1. The monoisotopic (exact) mass is 363 g/mol. The van der Waals surface area contributed by atoms with Crippen molar-refractivity contribution in [2.45, 2.75) is 44.7 Å². The molecular formula is C19H26ClN3O2. The summed E-state index contributed by atoms with van der Waals surface area (Å²) in [6.07, 6.45) is 3.42. The number of nitrogens with zero attached hydrogens (tertiary/aromatic N) is 2. The van der Waals surface area contributed by atoms with Crippen LogP contribution in [0.1, 0.15) is 31.7 Å². The van der Waals surface area contributed by atoms with Gasteiger partial charge < -0.3 is 10.2 Å². The fourth-order valence-electron chi connectivity index (χ4n) is 3.18. The molecule has 1 aromatic rings. The molecule has 1 unspecified atom stereocenters. The number of carbonyl (C=O) groups excluding carboxylic acids is 2. The van der Waals surface area contributed by atoms with E-state index in [2.05, 4.69) is 10.2 Å². The predicted molar refractivity (Wildman–Crippen MR) is 98.6 cm³/mol. The van der Waals surface area contributed by atoms with E-state index in [1.165, 1.54) is 0 Å². The maximum Gasteiger partial charge on any atom is 0.237 e. The maximum atomic E-state index is 12.4. The fourth-order valence-corrected chi connectivity index (χ4v) is 3.39. The van der Waals surface area contributed by atoms with Crippen molar-refractivity contribution in [1.29, 1.82) is 0 Å². The first kappa shape index (κ1) is 18.2. The molecule has 1 atom stereocenters. The number of aryl methyl sites for hydroxylation is 1. The Labute approximate surface area is 154 Å². The first-order valence-corrected chi connectivity index (χ1v) is 9.47. The van der Waals surface area contributed by atoms with Gasteiger partial charge in [-0.05, 0) is 43.9 Å². The second-order valence-electron chi connectivity index (χ2n) is 7.01. The Hall–Kier alpha value is -1.59. The number of piperazine rings is 1. The number of rotatable bonds is 6. The fraction of sp³-hybridized carbons (Fsp3) is 0.579. The molecule has 1 saturated heterocycles. The van der Waals surface area contributed by atoms with Crippen LogP contribution < -0.4 is 5.32 Å². The quantitative estimate of drug-likeness (QED) is 0.842. The summed E-state index contributed by atoms with van der Waals surface area (Å²) in [4.78, 5) is 28.6. The van der Waals surface area contributed by atoms with Crippen molar-refractivity contribution in [2.75, 3.05) is 26.2 Å². The number of hydrogen-bond acceptors (Lipinski definition) is 3. The van der Waals surface area contributed by atoms with Crippen molar-refractivity contribution in [3.05, 3.63) is 34.9 Å². The second-order valence-corrected chi connectivity index (χ2v) is 7.44. The van der Waals surface area contributed by atoms with E-state index in [1.54, 1.807) is 0 Å². The molecule has 25 heavy (non-hydrogen) atoms. The molecule has 1 aromatic carbocycles. The Morgan fingerprint density at radius 1 is 1.24 bits per heavy atom. The smallest absolute Gasteiger partial charge is 0.237 e. The van der Waals surface area contributed by atoms with Crippen molar-refractivity contribution >= 4 is 23.4 Å². The first-order valence-electron chi connectivity index (χ1n) is 9.09. The maximum absolute atomic E-state index is 12.4. The summed E-state index contributed by atoms with van der Waals surface area (Å²) in [5, 5.41) is 3.76. The van der Waals surface area contributed by atoms with Gasteiger partial charge in [-0.3, -0.25) is 14.5 Å². The normalized spacial score (nSPS) is 19.5. The van der Waals surface area contributed by atoms with Crippen LogP contribution in [0.2, 0.25) is 5.02 Å². The number of amides is 2. The van der Waals surface area contributed by atoms with E-state index in [0.29, 0.717) is 37.0 Å². The zero-order chi connectivity index (χ0) is 17.8. The molecule has 2 fully saturated rings. The minimum atomic E-state index is -0.121. The average molecular weight is 364 g/mol. The van der Waals surface area contributed by atoms with Crippen LogP contribution in [0.5, 0.6) is 0 Å². The largest absolute Gasteiger partial charge is 0.352 e. The lowest BCUT2D eigenvalue weighted by Gasteiger charge is -2.37. The summed E-state index contributed by atoms with van der Waals surface area (Å²) in [5.41, 5.74) is 1.09. The molecule has 1 N–H and O–H groups in total. The zero-order valence-electron chi connectivity index (χ0n) is 14.7. The van der Waals surface area contributed by atoms with Crippen LogP contribution in [0.25, 0.3) is 0 Å². The molecule has 0 bridgehead atoms. The second kappa shape index (κ2) is 8.19. The van der Waals surface area contributed by atoms with Gasteiger partial charge in [0.2, 0.25) is 11.8 Å². The summed E-state index contributed by atoms with van der Waals surface area (Å²) < 4.78 is 0. The van der Waals surface area contributed by atoms with Gasteiger partial charge in [0.25, 0.3) is 0 Å². The molecule has 1 aliphatic carbocycles. The highest BCUT2D eigenvalue weighted by molar-refractivity contribution is 6.30. The van der Waals surface area contributed by atoms with Crippen molar-refractivity contribution in [3.8, 4) is 0 Å². The Bertz CT molecular complexity index is 625. The molecule has 0 radical (unpaired) electrons. The molecule has 2 aliphatic rings. The van der Waals surface area contributed by atoms with Crippen molar-refractivity contribution in [2.24, 2.45) is 0 Å². The molecular weight excluding hydrogens is 338 g/mol. The summed E-state index contributed by atoms with van der Waals surface area (Å²) in [7, 11) is 0. The van der Waals surface area contributed by atoms with Crippen molar-refractivity contribution in [1.82, 2.24) is 15.1 Å². The number of hydrogen-bond donors (Lipinski definition) is 1. The average Bonchev–Trinajstić information content (AvgIpc) is 3.43. The number of benzene rings is 1. The van der Waals surface area contributed by atoms with E-state index in [9.17, 15) is 9.59 Å². The Morgan fingerprint density at radius 2 is 1.96 bits per heavy atom.